The SMILES string of the molecule is COc1cccc(Sc2sc([C@@H](C)O)cc2[N+](=O)[O-])c1. The average molecular weight is 311 g/mol. The van der Waals surface area contributed by atoms with E-state index in [0.29, 0.717) is 14.8 Å². The van der Waals surface area contributed by atoms with Gasteiger partial charge in [-0.25, -0.2) is 0 Å². The number of nitrogens with zero attached hydrogens (tertiary/aromatic N) is 1. The van der Waals surface area contributed by atoms with Gasteiger partial charge in [-0.2, -0.15) is 0 Å². The van der Waals surface area contributed by atoms with Crippen LogP contribution in [0.2, 0.25) is 0 Å². The van der Waals surface area contributed by atoms with Crippen LogP contribution in [0.4, 0.5) is 5.69 Å². The van der Waals surface area contributed by atoms with Crippen LogP contribution >= 0.6 is 23.1 Å². The lowest BCUT2D eigenvalue weighted by atomic mass is 10.3. The molecule has 106 valence electrons. The smallest absolute Gasteiger partial charge is 0.294 e. The fourth-order valence-electron chi connectivity index (χ4n) is 1.56. The normalized spacial score (nSPS) is 12.2. The number of benzene rings is 1. The molecule has 0 aliphatic rings. The van der Waals surface area contributed by atoms with E-state index in [9.17, 15) is 15.2 Å². The van der Waals surface area contributed by atoms with Crippen molar-refractivity contribution in [2.45, 2.75) is 22.1 Å². The molecule has 0 aliphatic carbocycles. The Balaban J connectivity index is 2.34. The van der Waals surface area contributed by atoms with Crippen molar-refractivity contribution >= 4 is 28.8 Å². The molecule has 0 bridgehead atoms. The van der Waals surface area contributed by atoms with Gasteiger partial charge in [0.2, 0.25) is 0 Å². The van der Waals surface area contributed by atoms with Crippen LogP contribution in [0.3, 0.4) is 0 Å². The maximum absolute atomic E-state index is 11.1. The van der Waals surface area contributed by atoms with Gasteiger partial charge < -0.3 is 9.84 Å². The van der Waals surface area contributed by atoms with Gasteiger partial charge in [0.15, 0.2) is 0 Å². The molecule has 1 aromatic carbocycles. The predicted octanol–water partition coefficient (Wildman–Crippen LogP) is 3.87. The van der Waals surface area contributed by atoms with Gasteiger partial charge in [-0.3, -0.25) is 10.1 Å². The van der Waals surface area contributed by atoms with E-state index >= 15 is 0 Å². The Labute approximate surface area is 124 Å². The molecule has 0 radical (unpaired) electrons. The Kier molecular flexibility index (Phi) is 4.64. The Morgan fingerprint density at radius 2 is 2.20 bits per heavy atom. The monoisotopic (exact) mass is 311 g/mol. The largest absolute Gasteiger partial charge is 0.497 e. The lowest BCUT2D eigenvalue weighted by Crippen LogP contribution is -1.87. The van der Waals surface area contributed by atoms with Gasteiger partial charge in [-0.1, -0.05) is 17.8 Å². The summed E-state index contributed by atoms with van der Waals surface area (Å²) in [4.78, 5) is 12.1. The number of nitro groups is 1. The number of thiophene rings is 1. The van der Waals surface area contributed by atoms with Gasteiger partial charge in [-0.15, -0.1) is 11.3 Å². The molecule has 20 heavy (non-hydrogen) atoms. The minimum absolute atomic E-state index is 0.0266. The molecule has 1 N–H and O–H groups in total. The summed E-state index contributed by atoms with van der Waals surface area (Å²) in [6.07, 6.45) is -0.710. The van der Waals surface area contributed by atoms with E-state index in [4.69, 9.17) is 4.74 Å². The molecule has 0 spiro atoms. The fourth-order valence-corrected chi connectivity index (χ4v) is 3.87. The summed E-state index contributed by atoms with van der Waals surface area (Å²) in [6.45, 7) is 1.59. The maximum Gasteiger partial charge on any atom is 0.294 e. The molecule has 2 aromatic rings. The molecule has 7 heteroatoms. The van der Waals surface area contributed by atoms with Gasteiger partial charge in [-0.05, 0) is 25.1 Å². The van der Waals surface area contributed by atoms with Crippen LogP contribution in [0.25, 0.3) is 0 Å². The minimum atomic E-state index is -0.710. The number of aliphatic hydroxyl groups is 1. The average Bonchev–Trinajstić information content (AvgIpc) is 2.83. The fraction of sp³-hybridized carbons (Fsp3) is 0.231. The molecular weight excluding hydrogens is 298 g/mol. The van der Waals surface area contributed by atoms with Crippen molar-refractivity contribution in [2.75, 3.05) is 7.11 Å². The quantitative estimate of drug-likeness (QED) is 0.670. The van der Waals surface area contributed by atoms with E-state index in [2.05, 4.69) is 0 Å². The third-order valence-corrected chi connectivity index (χ3v) is 5.03. The Hall–Kier alpha value is -1.57. The van der Waals surface area contributed by atoms with Gasteiger partial charge in [0.1, 0.15) is 9.96 Å². The Morgan fingerprint density at radius 3 is 2.80 bits per heavy atom. The second-order valence-electron chi connectivity index (χ2n) is 4.04. The molecule has 2 rings (SSSR count). The molecular formula is C13H13NO4S2. The van der Waals surface area contributed by atoms with Crippen LogP contribution in [0, 0.1) is 10.1 Å². The van der Waals surface area contributed by atoms with E-state index < -0.39 is 11.0 Å². The number of hydrogen-bond acceptors (Lipinski definition) is 6. The topological polar surface area (TPSA) is 72.6 Å². The summed E-state index contributed by atoms with van der Waals surface area (Å²) < 4.78 is 5.68. The number of ether oxygens (including phenoxy) is 1. The second-order valence-corrected chi connectivity index (χ2v) is 6.46. The van der Waals surface area contributed by atoms with Crippen molar-refractivity contribution in [3.63, 3.8) is 0 Å². The van der Waals surface area contributed by atoms with E-state index in [1.165, 1.54) is 29.2 Å². The molecule has 0 saturated heterocycles. The van der Waals surface area contributed by atoms with Crippen LogP contribution in [-0.4, -0.2) is 17.1 Å². The zero-order chi connectivity index (χ0) is 14.7. The number of methoxy groups -OCH3 is 1. The number of aliphatic hydroxyl groups excluding tert-OH is 1. The molecule has 0 unspecified atom stereocenters. The highest BCUT2D eigenvalue weighted by molar-refractivity contribution is 8.01. The molecule has 0 amide bonds. The maximum atomic E-state index is 11.1. The Morgan fingerprint density at radius 1 is 1.45 bits per heavy atom. The molecule has 0 aliphatic heterocycles. The summed E-state index contributed by atoms with van der Waals surface area (Å²) in [5, 5.41) is 20.6. The first-order valence-electron chi connectivity index (χ1n) is 5.79. The van der Waals surface area contributed by atoms with E-state index in [-0.39, 0.29) is 5.69 Å². The van der Waals surface area contributed by atoms with E-state index in [1.54, 1.807) is 14.0 Å². The van der Waals surface area contributed by atoms with Gasteiger partial charge in [0.25, 0.3) is 5.69 Å². The molecule has 1 heterocycles. The molecule has 0 fully saturated rings. The number of hydrogen-bond donors (Lipinski definition) is 1. The van der Waals surface area contributed by atoms with Crippen LogP contribution in [0.5, 0.6) is 5.75 Å². The summed E-state index contributed by atoms with van der Waals surface area (Å²) in [5.41, 5.74) is 0.0266. The summed E-state index contributed by atoms with van der Waals surface area (Å²) in [5.74, 6) is 0.699. The first kappa shape index (κ1) is 14.8. The van der Waals surface area contributed by atoms with Crippen LogP contribution in [0.15, 0.2) is 39.4 Å². The van der Waals surface area contributed by atoms with Gasteiger partial charge in [0, 0.05) is 15.8 Å². The zero-order valence-electron chi connectivity index (χ0n) is 10.9. The third kappa shape index (κ3) is 3.30. The summed E-state index contributed by atoms with van der Waals surface area (Å²) in [7, 11) is 1.57. The predicted molar refractivity (Wildman–Crippen MR) is 78.7 cm³/mol. The van der Waals surface area contributed by atoms with Crippen LogP contribution in [0.1, 0.15) is 17.9 Å². The Bertz CT molecular complexity index is 625. The lowest BCUT2D eigenvalue weighted by molar-refractivity contribution is -0.387. The first-order chi connectivity index (χ1) is 9.51. The van der Waals surface area contributed by atoms with E-state index in [1.807, 2.05) is 24.3 Å². The van der Waals surface area contributed by atoms with Gasteiger partial charge >= 0.3 is 0 Å². The minimum Gasteiger partial charge on any atom is -0.497 e. The van der Waals surface area contributed by atoms with E-state index in [0.717, 1.165) is 4.90 Å². The molecule has 5 nitrogen and oxygen atoms in total. The van der Waals surface area contributed by atoms with Crippen molar-refractivity contribution in [3.8, 4) is 5.75 Å². The van der Waals surface area contributed by atoms with Crippen molar-refractivity contribution in [3.05, 3.63) is 45.3 Å². The lowest BCUT2D eigenvalue weighted by Gasteiger charge is -2.02. The van der Waals surface area contributed by atoms with Crippen LogP contribution < -0.4 is 4.74 Å². The van der Waals surface area contributed by atoms with Crippen molar-refractivity contribution in [1.29, 1.82) is 0 Å². The highest BCUT2D eigenvalue weighted by atomic mass is 32.2. The summed E-state index contributed by atoms with van der Waals surface area (Å²) in [6, 6.07) is 8.75. The molecule has 0 saturated carbocycles. The van der Waals surface area contributed by atoms with Crippen LogP contribution in [-0.2, 0) is 0 Å². The van der Waals surface area contributed by atoms with Crippen molar-refractivity contribution < 1.29 is 14.8 Å². The van der Waals surface area contributed by atoms with Crippen molar-refractivity contribution in [2.24, 2.45) is 0 Å². The van der Waals surface area contributed by atoms with Crippen molar-refractivity contribution in [1.82, 2.24) is 0 Å². The number of rotatable bonds is 5. The first-order valence-corrected chi connectivity index (χ1v) is 7.42. The standard InChI is InChI=1S/C13H13NO4S2/c1-8(15)12-7-11(14(16)17)13(20-12)19-10-5-3-4-9(6-10)18-2/h3-8,15H,1-2H3/t8-/m1/s1. The second kappa shape index (κ2) is 6.25. The highest BCUT2D eigenvalue weighted by Gasteiger charge is 2.21. The third-order valence-electron chi connectivity index (χ3n) is 2.56. The molecule has 1 atom stereocenters. The van der Waals surface area contributed by atoms with Gasteiger partial charge in [0.05, 0.1) is 18.1 Å². The summed E-state index contributed by atoms with van der Waals surface area (Å²) >= 11 is 2.53. The zero-order valence-corrected chi connectivity index (χ0v) is 12.5. The highest BCUT2D eigenvalue weighted by Crippen LogP contribution is 2.43. The molecule has 1 aromatic heterocycles.